The maximum absolute atomic E-state index is 12.1. The normalized spacial score (nSPS) is 18.0. The molecule has 1 aromatic rings. The molecule has 1 saturated carbocycles. The van der Waals surface area contributed by atoms with Gasteiger partial charge in [-0.15, -0.1) is 0 Å². The molecule has 1 aromatic carbocycles. The lowest BCUT2D eigenvalue weighted by Gasteiger charge is -2.29. The number of rotatable bonds is 5. The Bertz CT molecular complexity index is 683. The molecule has 1 amide bonds. The van der Waals surface area contributed by atoms with Crippen molar-refractivity contribution >= 4 is 17.7 Å². The lowest BCUT2D eigenvalue weighted by Crippen LogP contribution is -2.36. The number of nitriles is 1. The van der Waals surface area contributed by atoms with E-state index in [-0.39, 0.29) is 17.5 Å². The third-order valence-electron chi connectivity index (χ3n) is 4.17. The first kappa shape index (κ1) is 16.3. The first-order valence-electron chi connectivity index (χ1n) is 8.14. The van der Waals surface area contributed by atoms with Gasteiger partial charge in [0.25, 0.3) is 5.91 Å². The molecule has 2 fully saturated rings. The summed E-state index contributed by atoms with van der Waals surface area (Å²) in [5, 5.41) is 12.1. The van der Waals surface area contributed by atoms with Gasteiger partial charge in [0.1, 0.15) is 17.4 Å². The molecule has 1 aliphatic heterocycles. The van der Waals surface area contributed by atoms with E-state index in [1.165, 1.54) is 0 Å². The van der Waals surface area contributed by atoms with Crippen LogP contribution in [-0.2, 0) is 9.53 Å². The number of carbonyl (C=O) groups is 1. The van der Waals surface area contributed by atoms with Gasteiger partial charge in [-0.05, 0) is 31.1 Å². The number of ether oxygens (including phenoxy) is 2. The average Bonchev–Trinajstić information content (AvgIpc) is 3.44. The Morgan fingerprint density at radius 3 is 2.79 bits per heavy atom. The second-order valence-electron chi connectivity index (χ2n) is 5.94. The SMILES string of the molecule is COc1cc(N2CCOCC2)ccc1/C=C(\C#N)C(=O)NC1CC1. The monoisotopic (exact) mass is 327 g/mol. The van der Waals surface area contributed by atoms with Crippen molar-refractivity contribution in [2.75, 3.05) is 38.3 Å². The third-order valence-corrected chi connectivity index (χ3v) is 4.17. The minimum Gasteiger partial charge on any atom is -0.496 e. The first-order valence-corrected chi connectivity index (χ1v) is 8.14. The van der Waals surface area contributed by atoms with E-state index in [0.717, 1.165) is 37.2 Å². The van der Waals surface area contributed by atoms with Crippen molar-refractivity contribution in [3.8, 4) is 11.8 Å². The van der Waals surface area contributed by atoms with Crippen LogP contribution in [0.4, 0.5) is 5.69 Å². The average molecular weight is 327 g/mol. The number of carbonyl (C=O) groups excluding carboxylic acids is 1. The zero-order chi connectivity index (χ0) is 16.9. The summed E-state index contributed by atoms with van der Waals surface area (Å²) in [6.07, 6.45) is 3.56. The molecule has 24 heavy (non-hydrogen) atoms. The summed E-state index contributed by atoms with van der Waals surface area (Å²) in [5.74, 6) is 0.324. The van der Waals surface area contributed by atoms with Crippen molar-refractivity contribution in [3.63, 3.8) is 0 Å². The van der Waals surface area contributed by atoms with Crippen LogP contribution in [-0.4, -0.2) is 45.4 Å². The van der Waals surface area contributed by atoms with E-state index in [4.69, 9.17) is 9.47 Å². The molecule has 1 saturated heterocycles. The largest absolute Gasteiger partial charge is 0.496 e. The van der Waals surface area contributed by atoms with Crippen molar-refractivity contribution < 1.29 is 14.3 Å². The number of hydrogen-bond acceptors (Lipinski definition) is 5. The molecule has 0 bridgehead atoms. The minimum atomic E-state index is -0.320. The summed E-state index contributed by atoms with van der Waals surface area (Å²) in [4.78, 5) is 14.3. The molecule has 1 aliphatic carbocycles. The number of nitrogens with zero attached hydrogens (tertiary/aromatic N) is 2. The van der Waals surface area contributed by atoms with Gasteiger partial charge in [0, 0.05) is 36.4 Å². The van der Waals surface area contributed by atoms with Crippen LogP contribution in [0, 0.1) is 11.3 Å². The predicted molar refractivity (Wildman–Crippen MR) is 90.8 cm³/mol. The highest BCUT2D eigenvalue weighted by Crippen LogP contribution is 2.28. The summed E-state index contributed by atoms with van der Waals surface area (Å²) in [5.41, 5.74) is 1.87. The zero-order valence-electron chi connectivity index (χ0n) is 13.7. The summed E-state index contributed by atoms with van der Waals surface area (Å²) in [7, 11) is 1.59. The lowest BCUT2D eigenvalue weighted by atomic mass is 10.1. The van der Waals surface area contributed by atoms with Crippen molar-refractivity contribution in [2.45, 2.75) is 18.9 Å². The topological polar surface area (TPSA) is 74.6 Å². The smallest absolute Gasteiger partial charge is 0.262 e. The third kappa shape index (κ3) is 3.87. The van der Waals surface area contributed by atoms with Gasteiger partial charge in [-0.2, -0.15) is 5.26 Å². The standard InChI is InChI=1S/C18H21N3O3/c1-23-17-11-16(21-6-8-24-9-7-21)5-2-13(17)10-14(12-19)18(22)20-15-3-4-15/h2,5,10-11,15H,3-4,6-9H2,1H3,(H,20,22)/b14-10+. The Labute approximate surface area is 141 Å². The van der Waals surface area contributed by atoms with Gasteiger partial charge in [0.2, 0.25) is 0 Å². The molecule has 1 N–H and O–H groups in total. The highest BCUT2D eigenvalue weighted by Gasteiger charge is 2.25. The molecule has 0 radical (unpaired) electrons. The van der Waals surface area contributed by atoms with E-state index >= 15 is 0 Å². The van der Waals surface area contributed by atoms with Crippen LogP contribution in [0.25, 0.3) is 6.08 Å². The summed E-state index contributed by atoms with van der Waals surface area (Å²) < 4.78 is 10.8. The summed E-state index contributed by atoms with van der Waals surface area (Å²) in [6, 6.07) is 8.00. The van der Waals surface area contributed by atoms with Crippen molar-refractivity contribution in [3.05, 3.63) is 29.3 Å². The first-order chi connectivity index (χ1) is 11.7. The van der Waals surface area contributed by atoms with Crippen LogP contribution >= 0.6 is 0 Å². The van der Waals surface area contributed by atoms with E-state index in [9.17, 15) is 10.1 Å². The van der Waals surface area contributed by atoms with Crippen LogP contribution in [0.1, 0.15) is 18.4 Å². The quantitative estimate of drug-likeness (QED) is 0.658. The number of morpholine rings is 1. The van der Waals surface area contributed by atoms with E-state index in [1.807, 2.05) is 24.3 Å². The highest BCUT2D eigenvalue weighted by molar-refractivity contribution is 6.02. The highest BCUT2D eigenvalue weighted by atomic mass is 16.5. The molecule has 0 aromatic heterocycles. The van der Waals surface area contributed by atoms with Gasteiger partial charge in [-0.25, -0.2) is 0 Å². The Kier molecular flexibility index (Phi) is 5.02. The molecular formula is C18H21N3O3. The fraction of sp³-hybridized carbons (Fsp3) is 0.444. The number of amides is 1. The second-order valence-corrected chi connectivity index (χ2v) is 5.94. The van der Waals surface area contributed by atoms with E-state index in [1.54, 1.807) is 13.2 Å². The molecule has 6 nitrogen and oxygen atoms in total. The van der Waals surface area contributed by atoms with E-state index in [0.29, 0.717) is 19.0 Å². The number of nitrogens with one attached hydrogen (secondary N) is 1. The number of anilines is 1. The summed E-state index contributed by atoms with van der Waals surface area (Å²) >= 11 is 0. The maximum atomic E-state index is 12.1. The zero-order valence-corrected chi connectivity index (χ0v) is 13.7. The second kappa shape index (κ2) is 7.37. The molecule has 1 heterocycles. The minimum absolute atomic E-state index is 0.0966. The van der Waals surface area contributed by atoms with Gasteiger partial charge < -0.3 is 19.7 Å². The number of benzene rings is 1. The maximum Gasteiger partial charge on any atom is 0.262 e. The number of hydrogen-bond donors (Lipinski definition) is 1. The molecule has 0 unspecified atom stereocenters. The van der Waals surface area contributed by atoms with Crippen LogP contribution in [0.2, 0.25) is 0 Å². The van der Waals surface area contributed by atoms with Crippen LogP contribution in [0.3, 0.4) is 0 Å². The van der Waals surface area contributed by atoms with E-state index < -0.39 is 0 Å². The molecule has 6 heteroatoms. The molecule has 0 spiro atoms. The fourth-order valence-corrected chi connectivity index (χ4v) is 2.63. The van der Waals surface area contributed by atoms with Gasteiger partial charge >= 0.3 is 0 Å². The molecule has 3 rings (SSSR count). The lowest BCUT2D eigenvalue weighted by molar-refractivity contribution is -0.117. The Morgan fingerprint density at radius 2 is 2.17 bits per heavy atom. The van der Waals surface area contributed by atoms with Crippen LogP contribution in [0.15, 0.2) is 23.8 Å². The Morgan fingerprint density at radius 1 is 1.42 bits per heavy atom. The number of methoxy groups -OCH3 is 1. The van der Waals surface area contributed by atoms with Gasteiger partial charge in [-0.3, -0.25) is 4.79 Å². The predicted octanol–water partition coefficient (Wildman–Crippen LogP) is 1.72. The van der Waals surface area contributed by atoms with Crippen molar-refractivity contribution in [2.24, 2.45) is 0 Å². The molecular weight excluding hydrogens is 306 g/mol. The fourth-order valence-electron chi connectivity index (χ4n) is 2.63. The van der Waals surface area contributed by atoms with Gasteiger partial charge in [-0.1, -0.05) is 0 Å². The molecule has 126 valence electrons. The van der Waals surface area contributed by atoms with Crippen molar-refractivity contribution in [1.29, 1.82) is 5.26 Å². The van der Waals surface area contributed by atoms with E-state index in [2.05, 4.69) is 10.2 Å². The van der Waals surface area contributed by atoms with Crippen molar-refractivity contribution in [1.82, 2.24) is 5.32 Å². The van der Waals surface area contributed by atoms with Gasteiger partial charge in [0.15, 0.2) is 0 Å². The van der Waals surface area contributed by atoms with Crippen LogP contribution in [0.5, 0.6) is 5.75 Å². The Balaban J connectivity index is 1.82. The van der Waals surface area contributed by atoms with Gasteiger partial charge in [0.05, 0.1) is 20.3 Å². The summed E-state index contributed by atoms with van der Waals surface area (Å²) in [6.45, 7) is 3.10. The van der Waals surface area contributed by atoms with Crippen LogP contribution < -0.4 is 15.0 Å². The molecule has 0 atom stereocenters. The Hall–Kier alpha value is -2.52. The molecule has 2 aliphatic rings.